The van der Waals surface area contributed by atoms with Gasteiger partial charge in [0.1, 0.15) is 0 Å². The molecule has 0 aromatic carbocycles. The van der Waals surface area contributed by atoms with Crippen molar-refractivity contribution in [1.29, 1.82) is 0 Å². The van der Waals surface area contributed by atoms with Gasteiger partial charge in [0.15, 0.2) is 5.78 Å². The number of Topliss-reactive ketones (excluding diaryl/α,β-unsaturated/α-hetero) is 1. The quantitative estimate of drug-likeness (QED) is 0.618. The number of allylic oxidation sites excluding steroid dienone is 2. The van der Waals surface area contributed by atoms with E-state index in [0.29, 0.717) is 6.42 Å². The van der Waals surface area contributed by atoms with Crippen molar-refractivity contribution < 1.29 is 4.79 Å². The summed E-state index contributed by atoms with van der Waals surface area (Å²) in [5, 5.41) is 0. The maximum atomic E-state index is 11.5. The number of hydrogen-bond donors (Lipinski definition) is 0. The monoisotopic (exact) mass is 194 g/mol. The standard InChI is InChI=1S/C11H18N2O/c1-12(2)7-9-5-6-11(14)10(9)8-13(3)4/h7-8H,5-6H2,1-4H3/b9-7-,10-8-. The van der Waals surface area contributed by atoms with E-state index >= 15 is 0 Å². The molecule has 1 fully saturated rings. The van der Waals surface area contributed by atoms with Gasteiger partial charge in [-0.1, -0.05) is 0 Å². The number of carbonyl (C=O) groups excluding carboxylic acids is 1. The van der Waals surface area contributed by atoms with E-state index in [4.69, 9.17) is 0 Å². The molecule has 0 unspecified atom stereocenters. The number of rotatable bonds is 2. The highest BCUT2D eigenvalue weighted by Gasteiger charge is 2.22. The van der Waals surface area contributed by atoms with Crippen LogP contribution >= 0.6 is 0 Å². The summed E-state index contributed by atoms with van der Waals surface area (Å²) in [6.07, 6.45) is 5.46. The van der Waals surface area contributed by atoms with Crippen LogP contribution in [0.3, 0.4) is 0 Å². The minimum Gasteiger partial charge on any atom is -0.383 e. The van der Waals surface area contributed by atoms with Gasteiger partial charge in [0.25, 0.3) is 0 Å². The van der Waals surface area contributed by atoms with Crippen LogP contribution in [0.5, 0.6) is 0 Å². The van der Waals surface area contributed by atoms with E-state index < -0.39 is 0 Å². The number of hydrogen-bond acceptors (Lipinski definition) is 3. The molecule has 1 aliphatic carbocycles. The lowest BCUT2D eigenvalue weighted by molar-refractivity contribution is -0.114. The van der Waals surface area contributed by atoms with Gasteiger partial charge in [0, 0.05) is 52.6 Å². The van der Waals surface area contributed by atoms with Crippen molar-refractivity contribution in [2.75, 3.05) is 28.2 Å². The Morgan fingerprint density at radius 3 is 2.07 bits per heavy atom. The zero-order chi connectivity index (χ0) is 10.7. The zero-order valence-electron chi connectivity index (χ0n) is 9.37. The van der Waals surface area contributed by atoms with Gasteiger partial charge in [-0.25, -0.2) is 0 Å². The molecule has 14 heavy (non-hydrogen) atoms. The van der Waals surface area contributed by atoms with Crippen molar-refractivity contribution in [3.63, 3.8) is 0 Å². The van der Waals surface area contributed by atoms with Crippen LogP contribution < -0.4 is 0 Å². The van der Waals surface area contributed by atoms with Crippen molar-refractivity contribution in [1.82, 2.24) is 9.80 Å². The summed E-state index contributed by atoms with van der Waals surface area (Å²) < 4.78 is 0. The zero-order valence-corrected chi connectivity index (χ0v) is 9.37. The molecule has 0 saturated heterocycles. The van der Waals surface area contributed by atoms with Gasteiger partial charge < -0.3 is 9.80 Å². The number of nitrogens with zero attached hydrogens (tertiary/aromatic N) is 2. The Kier molecular flexibility index (Phi) is 3.33. The summed E-state index contributed by atoms with van der Waals surface area (Å²) in [6.45, 7) is 0. The Balaban J connectivity index is 2.93. The summed E-state index contributed by atoms with van der Waals surface area (Å²) in [7, 11) is 7.82. The van der Waals surface area contributed by atoms with E-state index in [9.17, 15) is 4.79 Å². The van der Waals surface area contributed by atoms with E-state index in [1.807, 2.05) is 50.4 Å². The second-order valence-electron chi connectivity index (χ2n) is 4.05. The lowest BCUT2D eigenvalue weighted by atomic mass is 10.1. The molecule has 3 nitrogen and oxygen atoms in total. The maximum Gasteiger partial charge on any atom is 0.164 e. The van der Waals surface area contributed by atoms with Gasteiger partial charge in [0.2, 0.25) is 0 Å². The van der Waals surface area contributed by atoms with Crippen LogP contribution in [0.25, 0.3) is 0 Å². The van der Waals surface area contributed by atoms with E-state index in [0.717, 1.165) is 17.6 Å². The summed E-state index contributed by atoms with van der Waals surface area (Å²) >= 11 is 0. The molecule has 3 heteroatoms. The smallest absolute Gasteiger partial charge is 0.164 e. The van der Waals surface area contributed by atoms with Crippen LogP contribution in [0.4, 0.5) is 0 Å². The predicted octanol–water partition coefficient (Wildman–Crippen LogP) is 1.24. The third kappa shape index (κ3) is 2.62. The molecule has 0 radical (unpaired) electrons. The first-order valence-electron chi connectivity index (χ1n) is 4.79. The molecule has 0 aromatic heterocycles. The molecule has 1 rings (SSSR count). The lowest BCUT2D eigenvalue weighted by Crippen LogP contribution is -2.08. The third-order valence-corrected chi connectivity index (χ3v) is 2.07. The van der Waals surface area contributed by atoms with Crippen molar-refractivity contribution >= 4 is 5.78 Å². The summed E-state index contributed by atoms with van der Waals surface area (Å²) in [5.74, 6) is 0.256. The summed E-state index contributed by atoms with van der Waals surface area (Å²) in [4.78, 5) is 15.4. The number of ketones is 1. The van der Waals surface area contributed by atoms with E-state index in [1.54, 1.807) is 0 Å². The Morgan fingerprint density at radius 1 is 1.00 bits per heavy atom. The average Bonchev–Trinajstić information content (AvgIpc) is 2.34. The van der Waals surface area contributed by atoms with E-state index in [-0.39, 0.29) is 5.78 Å². The second-order valence-corrected chi connectivity index (χ2v) is 4.05. The van der Waals surface area contributed by atoms with Crippen molar-refractivity contribution in [2.45, 2.75) is 12.8 Å². The fraction of sp³-hybridized carbons (Fsp3) is 0.545. The van der Waals surface area contributed by atoms with Crippen molar-refractivity contribution in [2.24, 2.45) is 0 Å². The fourth-order valence-electron chi connectivity index (χ4n) is 1.56. The first-order valence-corrected chi connectivity index (χ1v) is 4.79. The minimum absolute atomic E-state index is 0.256. The summed E-state index contributed by atoms with van der Waals surface area (Å²) in [5.41, 5.74) is 2.01. The topological polar surface area (TPSA) is 23.6 Å². The molecule has 1 aliphatic rings. The SMILES string of the molecule is CN(C)/C=C1/CCC(=O)/C1=C\N(C)C. The van der Waals surface area contributed by atoms with Crippen LogP contribution in [0, 0.1) is 0 Å². The van der Waals surface area contributed by atoms with Gasteiger partial charge in [-0.15, -0.1) is 0 Å². The van der Waals surface area contributed by atoms with Gasteiger partial charge in [-0.3, -0.25) is 4.79 Å². The van der Waals surface area contributed by atoms with Gasteiger partial charge in [-0.2, -0.15) is 0 Å². The molecule has 1 saturated carbocycles. The van der Waals surface area contributed by atoms with Crippen LogP contribution in [-0.4, -0.2) is 43.8 Å². The normalized spacial score (nSPS) is 22.1. The van der Waals surface area contributed by atoms with Crippen LogP contribution in [0.1, 0.15) is 12.8 Å². The molecular formula is C11H18N2O. The van der Waals surface area contributed by atoms with Crippen molar-refractivity contribution in [3.8, 4) is 0 Å². The van der Waals surface area contributed by atoms with Crippen LogP contribution in [0.2, 0.25) is 0 Å². The maximum absolute atomic E-state index is 11.5. The summed E-state index contributed by atoms with van der Waals surface area (Å²) in [6, 6.07) is 0. The highest BCUT2D eigenvalue weighted by Crippen LogP contribution is 2.27. The molecule has 0 amide bonds. The Bertz CT molecular complexity index is 288. The highest BCUT2D eigenvalue weighted by atomic mass is 16.1. The number of carbonyl (C=O) groups is 1. The van der Waals surface area contributed by atoms with Crippen LogP contribution in [0.15, 0.2) is 23.5 Å². The first-order chi connectivity index (χ1) is 6.50. The molecule has 0 aliphatic heterocycles. The van der Waals surface area contributed by atoms with E-state index in [2.05, 4.69) is 0 Å². The van der Waals surface area contributed by atoms with Crippen LogP contribution in [-0.2, 0) is 4.79 Å². The predicted molar refractivity (Wildman–Crippen MR) is 57.8 cm³/mol. The Labute approximate surface area is 85.7 Å². The second kappa shape index (κ2) is 4.31. The van der Waals surface area contributed by atoms with Gasteiger partial charge in [-0.05, 0) is 12.0 Å². The molecule has 0 bridgehead atoms. The lowest BCUT2D eigenvalue weighted by Gasteiger charge is -2.10. The van der Waals surface area contributed by atoms with E-state index in [1.165, 1.54) is 0 Å². The fourth-order valence-corrected chi connectivity index (χ4v) is 1.56. The molecule has 78 valence electrons. The molecule has 0 atom stereocenters. The van der Waals surface area contributed by atoms with Gasteiger partial charge in [0.05, 0.1) is 0 Å². The Morgan fingerprint density at radius 2 is 1.57 bits per heavy atom. The molecule has 0 aromatic rings. The minimum atomic E-state index is 0.256. The average molecular weight is 194 g/mol. The van der Waals surface area contributed by atoms with Crippen molar-refractivity contribution in [3.05, 3.63) is 23.5 Å². The molecule has 0 N–H and O–H groups in total. The third-order valence-electron chi connectivity index (χ3n) is 2.07. The molecule has 0 spiro atoms. The Hall–Kier alpha value is -1.25. The molecule has 0 heterocycles. The largest absolute Gasteiger partial charge is 0.383 e. The highest BCUT2D eigenvalue weighted by molar-refractivity contribution is 6.02. The molecular weight excluding hydrogens is 176 g/mol. The first kappa shape index (κ1) is 10.8. The van der Waals surface area contributed by atoms with Gasteiger partial charge >= 0.3 is 0 Å².